The molecule has 0 atom stereocenters. The maximum atomic E-state index is 13.0. The summed E-state index contributed by atoms with van der Waals surface area (Å²) in [6.07, 6.45) is -4.61. The molecule has 0 fully saturated rings. The number of alkyl halides is 3. The number of para-hydroxylation sites is 1. The largest absolute Gasteiger partial charge is 0.418 e. The number of thioether (sulfide) groups is 1. The van der Waals surface area contributed by atoms with Gasteiger partial charge in [-0.15, -0.1) is 11.8 Å². The van der Waals surface area contributed by atoms with Crippen LogP contribution in [0, 0.1) is 11.3 Å². The monoisotopic (exact) mass is 384 g/mol. The third kappa shape index (κ3) is 5.41. The summed E-state index contributed by atoms with van der Waals surface area (Å²) in [5.74, 6) is -0.103. The molecule has 130 valence electrons. The van der Waals surface area contributed by atoms with Crippen LogP contribution in [0.2, 0.25) is 5.02 Å². The molecule has 25 heavy (non-hydrogen) atoms. The Morgan fingerprint density at radius 3 is 2.48 bits per heavy atom. The molecule has 0 saturated carbocycles. The first-order valence-electron chi connectivity index (χ1n) is 7.03. The summed E-state index contributed by atoms with van der Waals surface area (Å²) in [7, 11) is 0. The molecule has 0 bridgehead atoms. The number of hydrogen-bond donors (Lipinski definition) is 1. The van der Waals surface area contributed by atoms with Crippen LogP contribution in [0.15, 0.2) is 42.5 Å². The fourth-order valence-electron chi connectivity index (χ4n) is 2.00. The van der Waals surface area contributed by atoms with Crippen molar-refractivity contribution in [2.24, 2.45) is 0 Å². The number of carbonyl (C=O) groups is 1. The number of benzene rings is 2. The minimum absolute atomic E-state index is 0.0253. The van der Waals surface area contributed by atoms with E-state index in [2.05, 4.69) is 5.32 Å². The third-order valence-corrected chi connectivity index (χ3v) is 4.49. The van der Waals surface area contributed by atoms with Crippen molar-refractivity contribution in [1.82, 2.24) is 0 Å². The summed E-state index contributed by atoms with van der Waals surface area (Å²) in [6, 6.07) is 12.2. The van der Waals surface area contributed by atoms with Crippen molar-refractivity contribution in [2.75, 3.05) is 11.1 Å². The van der Waals surface area contributed by atoms with E-state index in [4.69, 9.17) is 16.9 Å². The Bertz CT molecular complexity index is 801. The predicted octanol–water partition coefficient (Wildman–Crippen LogP) is 5.10. The van der Waals surface area contributed by atoms with E-state index in [1.54, 1.807) is 24.3 Å². The molecule has 0 aliphatic heterocycles. The lowest BCUT2D eigenvalue weighted by Gasteiger charge is -2.15. The zero-order valence-corrected chi connectivity index (χ0v) is 14.3. The number of carbonyl (C=O) groups excluding carboxylic acids is 1. The lowest BCUT2D eigenvalue weighted by molar-refractivity contribution is -0.137. The van der Waals surface area contributed by atoms with E-state index < -0.39 is 23.3 Å². The average molecular weight is 385 g/mol. The summed E-state index contributed by atoms with van der Waals surface area (Å²) in [6.45, 7) is 0. The summed E-state index contributed by atoms with van der Waals surface area (Å²) in [4.78, 5) is 11.9. The Balaban J connectivity index is 1.96. The van der Waals surface area contributed by atoms with Crippen LogP contribution in [-0.2, 0) is 16.7 Å². The maximum absolute atomic E-state index is 13.0. The van der Waals surface area contributed by atoms with E-state index >= 15 is 0 Å². The van der Waals surface area contributed by atoms with Crippen molar-refractivity contribution >= 4 is 35.0 Å². The Morgan fingerprint density at radius 1 is 1.20 bits per heavy atom. The molecular weight excluding hydrogens is 373 g/mol. The molecule has 0 aliphatic carbocycles. The summed E-state index contributed by atoms with van der Waals surface area (Å²) in [5, 5.41) is 10.8. The fraction of sp³-hybridized carbons (Fsp3) is 0.176. The molecule has 0 unspecified atom stereocenters. The molecule has 2 aromatic carbocycles. The zero-order chi connectivity index (χ0) is 18.4. The molecule has 0 aliphatic rings. The molecule has 2 rings (SSSR count). The minimum atomic E-state index is -4.61. The van der Waals surface area contributed by atoms with Crippen LogP contribution in [-0.4, -0.2) is 11.7 Å². The van der Waals surface area contributed by atoms with E-state index in [9.17, 15) is 18.0 Å². The van der Waals surface area contributed by atoms with Gasteiger partial charge in [-0.25, -0.2) is 0 Å². The summed E-state index contributed by atoms with van der Waals surface area (Å²) < 4.78 is 38.9. The lowest BCUT2D eigenvalue weighted by Crippen LogP contribution is -2.18. The van der Waals surface area contributed by atoms with Gasteiger partial charge in [0.15, 0.2) is 0 Å². The third-order valence-electron chi connectivity index (χ3n) is 3.17. The highest BCUT2D eigenvalue weighted by atomic mass is 35.5. The van der Waals surface area contributed by atoms with Crippen molar-refractivity contribution < 1.29 is 18.0 Å². The van der Waals surface area contributed by atoms with Gasteiger partial charge in [0.1, 0.15) is 0 Å². The zero-order valence-electron chi connectivity index (χ0n) is 12.7. The van der Waals surface area contributed by atoms with Crippen LogP contribution < -0.4 is 5.32 Å². The second-order valence-electron chi connectivity index (χ2n) is 5.01. The average Bonchev–Trinajstić information content (AvgIpc) is 2.56. The minimum Gasteiger partial charge on any atom is -0.324 e. The molecule has 1 N–H and O–H groups in total. The highest BCUT2D eigenvalue weighted by Crippen LogP contribution is 2.38. The van der Waals surface area contributed by atoms with Crippen LogP contribution in [0.4, 0.5) is 18.9 Å². The topological polar surface area (TPSA) is 52.9 Å². The van der Waals surface area contributed by atoms with Crippen molar-refractivity contribution in [3.63, 3.8) is 0 Å². The molecular formula is C17H12ClF3N2OS. The Hall–Kier alpha value is -2.17. The number of nitriles is 1. The van der Waals surface area contributed by atoms with Gasteiger partial charge < -0.3 is 5.32 Å². The van der Waals surface area contributed by atoms with E-state index in [1.807, 2.05) is 6.07 Å². The van der Waals surface area contributed by atoms with Crippen LogP contribution in [0.1, 0.15) is 16.7 Å². The number of rotatable bonds is 5. The van der Waals surface area contributed by atoms with Crippen LogP contribution in [0.3, 0.4) is 0 Å². The van der Waals surface area contributed by atoms with Crippen molar-refractivity contribution in [3.05, 3.63) is 64.2 Å². The van der Waals surface area contributed by atoms with Gasteiger partial charge in [-0.3, -0.25) is 4.79 Å². The molecule has 1 amide bonds. The number of nitrogens with one attached hydrogen (secondary N) is 1. The van der Waals surface area contributed by atoms with E-state index in [-0.39, 0.29) is 10.8 Å². The maximum Gasteiger partial charge on any atom is 0.418 e. The highest BCUT2D eigenvalue weighted by molar-refractivity contribution is 7.99. The smallest absolute Gasteiger partial charge is 0.324 e. The quantitative estimate of drug-likeness (QED) is 0.780. The molecule has 3 nitrogen and oxygen atoms in total. The molecule has 0 aromatic heterocycles. The second kappa shape index (κ2) is 8.28. The molecule has 0 spiro atoms. The van der Waals surface area contributed by atoms with Crippen molar-refractivity contribution in [2.45, 2.75) is 11.9 Å². The van der Waals surface area contributed by atoms with Crippen molar-refractivity contribution in [3.8, 4) is 6.07 Å². The Kier molecular flexibility index (Phi) is 6.34. The van der Waals surface area contributed by atoms with Gasteiger partial charge in [0.05, 0.1) is 33.7 Å². The molecule has 0 heterocycles. The van der Waals surface area contributed by atoms with Gasteiger partial charge in [-0.1, -0.05) is 29.8 Å². The first-order valence-corrected chi connectivity index (χ1v) is 8.57. The predicted molar refractivity (Wildman–Crippen MR) is 92.4 cm³/mol. The number of halogens is 4. The second-order valence-corrected chi connectivity index (χ2v) is 6.40. The molecule has 0 saturated heterocycles. The molecule has 2 aromatic rings. The lowest BCUT2D eigenvalue weighted by atomic mass is 10.1. The van der Waals surface area contributed by atoms with E-state index in [0.717, 1.165) is 11.6 Å². The van der Waals surface area contributed by atoms with Crippen LogP contribution in [0.5, 0.6) is 0 Å². The van der Waals surface area contributed by atoms with Crippen molar-refractivity contribution in [1.29, 1.82) is 5.26 Å². The highest BCUT2D eigenvalue weighted by Gasteiger charge is 2.34. The normalized spacial score (nSPS) is 11.0. The van der Waals surface area contributed by atoms with Gasteiger partial charge in [-0.2, -0.15) is 18.4 Å². The Labute approximate surface area is 151 Å². The fourth-order valence-corrected chi connectivity index (χ4v) is 3.01. The van der Waals surface area contributed by atoms with Crippen LogP contribution >= 0.6 is 23.4 Å². The van der Waals surface area contributed by atoms with E-state index in [0.29, 0.717) is 11.3 Å². The summed E-state index contributed by atoms with van der Waals surface area (Å²) in [5.41, 5.74) is 0.0292. The SMILES string of the molecule is N#Cc1ccc(CSCC(=O)Nc2c(Cl)cccc2C(F)(F)F)cc1. The van der Waals surface area contributed by atoms with Gasteiger partial charge in [0.2, 0.25) is 5.91 Å². The van der Waals surface area contributed by atoms with Gasteiger partial charge in [-0.05, 0) is 29.8 Å². The number of amides is 1. The van der Waals surface area contributed by atoms with Gasteiger partial charge in [0, 0.05) is 5.75 Å². The van der Waals surface area contributed by atoms with Gasteiger partial charge >= 0.3 is 6.18 Å². The standard InChI is InChI=1S/C17H12ClF3N2OS/c18-14-3-1-2-13(17(19,20)21)16(14)23-15(24)10-25-9-12-6-4-11(8-22)5-7-12/h1-7H,9-10H2,(H,23,24). The van der Waals surface area contributed by atoms with Gasteiger partial charge in [0.25, 0.3) is 0 Å². The Morgan fingerprint density at radius 2 is 1.88 bits per heavy atom. The molecule has 0 radical (unpaired) electrons. The first-order chi connectivity index (χ1) is 11.8. The van der Waals surface area contributed by atoms with Crippen LogP contribution in [0.25, 0.3) is 0 Å². The number of hydrogen-bond acceptors (Lipinski definition) is 3. The van der Waals surface area contributed by atoms with E-state index in [1.165, 1.54) is 23.9 Å². The number of nitrogens with zero attached hydrogens (tertiary/aromatic N) is 1. The summed E-state index contributed by atoms with van der Waals surface area (Å²) >= 11 is 7.04. The first kappa shape index (κ1) is 19.2. The number of anilines is 1. The molecule has 8 heteroatoms.